The standard InChI is InChI=1S/C21H32O5/c1-4-5-6-7-8-9-10-11-12-13-16-25-26-21(22)19-15-14-18(23-2)17-20(19)24-3/h14-17H,1,4-13H2,2-3H3. The van der Waals surface area contributed by atoms with E-state index in [9.17, 15) is 4.79 Å². The highest BCUT2D eigenvalue weighted by Gasteiger charge is 2.15. The molecule has 0 saturated carbocycles. The van der Waals surface area contributed by atoms with E-state index < -0.39 is 5.97 Å². The Morgan fingerprint density at radius 3 is 2.23 bits per heavy atom. The fraction of sp³-hybridized carbons (Fsp3) is 0.571. The molecule has 1 aromatic rings. The van der Waals surface area contributed by atoms with Gasteiger partial charge < -0.3 is 9.47 Å². The molecule has 146 valence electrons. The van der Waals surface area contributed by atoms with Gasteiger partial charge in [0.2, 0.25) is 0 Å². The third-order valence-corrected chi connectivity index (χ3v) is 4.14. The van der Waals surface area contributed by atoms with Crippen molar-refractivity contribution < 1.29 is 24.0 Å². The SMILES string of the molecule is [CH2]CCCCCCCCCC[CH]OOC(=O)c1ccc(OC)cc1OC. The number of methoxy groups -OCH3 is 2. The van der Waals surface area contributed by atoms with Crippen LogP contribution >= 0.6 is 0 Å². The van der Waals surface area contributed by atoms with Crippen molar-refractivity contribution in [3.63, 3.8) is 0 Å². The molecule has 0 atom stereocenters. The molecule has 0 aliphatic carbocycles. The Labute approximate surface area is 157 Å². The predicted molar refractivity (Wildman–Crippen MR) is 102 cm³/mol. The van der Waals surface area contributed by atoms with Gasteiger partial charge in [0.05, 0.1) is 14.2 Å². The van der Waals surface area contributed by atoms with E-state index in [1.807, 2.05) is 0 Å². The first-order valence-corrected chi connectivity index (χ1v) is 9.43. The second-order valence-corrected chi connectivity index (χ2v) is 6.17. The van der Waals surface area contributed by atoms with Gasteiger partial charge in [0, 0.05) is 6.07 Å². The molecular formula is C21H32O5. The lowest BCUT2D eigenvalue weighted by molar-refractivity contribution is -0.213. The first-order valence-electron chi connectivity index (χ1n) is 9.43. The van der Waals surface area contributed by atoms with Crippen molar-refractivity contribution in [1.82, 2.24) is 0 Å². The van der Waals surface area contributed by atoms with Crippen molar-refractivity contribution in [3.05, 3.63) is 37.3 Å². The van der Waals surface area contributed by atoms with Crippen molar-refractivity contribution >= 4 is 5.97 Å². The van der Waals surface area contributed by atoms with Gasteiger partial charge in [-0.2, -0.15) is 4.89 Å². The number of rotatable bonds is 15. The summed E-state index contributed by atoms with van der Waals surface area (Å²) >= 11 is 0. The lowest BCUT2D eigenvalue weighted by atomic mass is 10.1. The zero-order chi connectivity index (χ0) is 19.0. The number of hydrogen-bond acceptors (Lipinski definition) is 5. The molecule has 0 aliphatic heterocycles. The van der Waals surface area contributed by atoms with Crippen LogP contribution in [0.5, 0.6) is 11.5 Å². The lowest BCUT2D eigenvalue weighted by Gasteiger charge is -2.09. The van der Waals surface area contributed by atoms with Crippen LogP contribution in [-0.2, 0) is 9.78 Å². The number of unbranched alkanes of at least 4 members (excludes halogenated alkanes) is 9. The molecule has 0 saturated heterocycles. The van der Waals surface area contributed by atoms with Crippen LogP contribution in [0.25, 0.3) is 0 Å². The van der Waals surface area contributed by atoms with Crippen LogP contribution in [0.15, 0.2) is 18.2 Å². The van der Waals surface area contributed by atoms with Gasteiger partial charge in [-0.25, -0.2) is 4.79 Å². The molecule has 1 aromatic carbocycles. The van der Waals surface area contributed by atoms with Gasteiger partial charge in [-0.1, -0.05) is 64.7 Å². The average Bonchev–Trinajstić information content (AvgIpc) is 2.68. The average molecular weight is 364 g/mol. The molecule has 0 spiro atoms. The first kappa shape index (κ1) is 22.3. The molecule has 0 N–H and O–H groups in total. The van der Waals surface area contributed by atoms with E-state index in [0.29, 0.717) is 17.1 Å². The number of carbonyl (C=O) groups is 1. The quantitative estimate of drug-likeness (QED) is 0.227. The molecule has 0 bridgehead atoms. The second-order valence-electron chi connectivity index (χ2n) is 6.17. The van der Waals surface area contributed by atoms with Gasteiger partial charge in [0.15, 0.2) is 0 Å². The largest absolute Gasteiger partial charge is 0.497 e. The minimum atomic E-state index is -0.594. The first-order chi connectivity index (χ1) is 12.7. The van der Waals surface area contributed by atoms with E-state index in [2.05, 4.69) is 6.92 Å². The van der Waals surface area contributed by atoms with E-state index in [0.717, 1.165) is 25.7 Å². The molecule has 1 rings (SSSR count). The zero-order valence-electron chi connectivity index (χ0n) is 16.1. The van der Waals surface area contributed by atoms with Gasteiger partial charge in [0.25, 0.3) is 0 Å². The highest BCUT2D eigenvalue weighted by atomic mass is 17.2. The third-order valence-electron chi connectivity index (χ3n) is 4.14. The highest BCUT2D eigenvalue weighted by molar-refractivity contribution is 5.92. The van der Waals surface area contributed by atoms with Crippen molar-refractivity contribution in [2.45, 2.75) is 64.2 Å². The molecule has 26 heavy (non-hydrogen) atoms. The summed E-state index contributed by atoms with van der Waals surface area (Å²) in [4.78, 5) is 21.7. The number of carbonyl (C=O) groups excluding carboxylic acids is 1. The van der Waals surface area contributed by atoms with Crippen molar-refractivity contribution in [1.29, 1.82) is 0 Å². The van der Waals surface area contributed by atoms with E-state index in [1.165, 1.54) is 52.2 Å². The summed E-state index contributed by atoms with van der Waals surface area (Å²) in [5.41, 5.74) is 0.292. The molecule has 5 nitrogen and oxygen atoms in total. The topological polar surface area (TPSA) is 54.0 Å². The van der Waals surface area contributed by atoms with Crippen molar-refractivity contribution in [2.75, 3.05) is 14.2 Å². The molecular weight excluding hydrogens is 332 g/mol. The second kappa shape index (κ2) is 14.4. The molecule has 2 radical (unpaired) electrons. The maximum Gasteiger partial charge on any atom is 0.376 e. The van der Waals surface area contributed by atoms with Crippen molar-refractivity contribution in [3.8, 4) is 11.5 Å². The fourth-order valence-electron chi connectivity index (χ4n) is 2.60. The van der Waals surface area contributed by atoms with Crippen LogP contribution < -0.4 is 9.47 Å². The Kier molecular flexibility index (Phi) is 12.4. The maximum atomic E-state index is 12.0. The zero-order valence-corrected chi connectivity index (χ0v) is 16.1. The summed E-state index contributed by atoms with van der Waals surface area (Å²) in [5, 5.41) is 0. The summed E-state index contributed by atoms with van der Waals surface area (Å²) in [6.07, 6.45) is 11.7. The van der Waals surface area contributed by atoms with Crippen LogP contribution in [0.1, 0.15) is 74.6 Å². The van der Waals surface area contributed by atoms with Gasteiger partial charge in [0.1, 0.15) is 23.7 Å². The van der Waals surface area contributed by atoms with Crippen LogP contribution in [0.4, 0.5) is 0 Å². The molecule has 0 fully saturated rings. The van der Waals surface area contributed by atoms with Crippen LogP contribution in [-0.4, -0.2) is 20.2 Å². The van der Waals surface area contributed by atoms with Crippen LogP contribution in [0, 0.1) is 13.5 Å². The molecule has 0 aliphatic rings. The monoisotopic (exact) mass is 364 g/mol. The molecule has 0 aromatic heterocycles. The summed E-state index contributed by atoms with van der Waals surface area (Å²) in [5.74, 6) is 0.393. The predicted octanol–water partition coefficient (Wildman–Crippen LogP) is 5.69. The van der Waals surface area contributed by atoms with Gasteiger partial charge >= 0.3 is 5.97 Å². The van der Waals surface area contributed by atoms with Gasteiger partial charge in [-0.3, -0.25) is 4.89 Å². The molecule has 0 amide bonds. The van der Waals surface area contributed by atoms with E-state index in [1.54, 1.807) is 25.3 Å². The normalized spacial score (nSPS) is 10.6. The molecule has 0 heterocycles. The fourth-order valence-corrected chi connectivity index (χ4v) is 2.60. The Hall–Kier alpha value is -1.75. The minimum Gasteiger partial charge on any atom is -0.497 e. The maximum absolute atomic E-state index is 12.0. The minimum absolute atomic E-state index is 0.292. The Morgan fingerprint density at radius 2 is 1.62 bits per heavy atom. The highest BCUT2D eigenvalue weighted by Crippen LogP contribution is 2.25. The number of ether oxygens (including phenoxy) is 2. The Bertz CT molecular complexity index is 501. The Balaban J connectivity index is 2.08. The van der Waals surface area contributed by atoms with E-state index in [-0.39, 0.29) is 0 Å². The number of hydrogen-bond donors (Lipinski definition) is 0. The van der Waals surface area contributed by atoms with Gasteiger partial charge in [-0.15, -0.1) is 0 Å². The number of benzene rings is 1. The smallest absolute Gasteiger partial charge is 0.376 e. The molecule has 5 heteroatoms. The van der Waals surface area contributed by atoms with Crippen LogP contribution in [0.2, 0.25) is 0 Å². The summed E-state index contributed by atoms with van der Waals surface area (Å²) in [6, 6.07) is 4.88. The van der Waals surface area contributed by atoms with Gasteiger partial charge in [-0.05, 0) is 18.6 Å². The summed E-state index contributed by atoms with van der Waals surface area (Å²) in [6.45, 7) is 5.38. The lowest BCUT2D eigenvalue weighted by Crippen LogP contribution is -2.07. The molecule has 0 unspecified atom stereocenters. The van der Waals surface area contributed by atoms with E-state index >= 15 is 0 Å². The van der Waals surface area contributed by atoms with Crippen LogP contribution in [0.3, 0.4) is 0 Å². The van der Waals surface area contributed by atoms with Crippen molar-refractivity contribution in [2.24, 2.45) is 0 Å². The summed E-state index contributed by atoms with van der Waals surface area (Å²) in [7, 11) is 3.04. The van der Waals surface area contributed by atoms with E-state index in [4.69, 9.17) is 19.2 Å². The third kappa shape index (κ3) is 9.09. The summed E-state index contributed by atoms with van der Waals surface area (Å²) < 4.78 is 10.3. The Morgan fingerprint density at radius 1 is 0.962 bits per heavy atom.